The first-order valence-electron chi connectivity index (χ1n) is 8.19. The van der Waals surface area contributed by atoms with E-state index < -0.39 is 0 Å². The van der Waals surface area contributed by atoms with Crippen molar-refractivity contribution in [2.75, 3.05) is 5.32 Å². The third kappa shape index (κ3) is 3.56. The van der Waals surface area contributed by atoms with Gasteiger partial charge in [-0.05, 0) is 29.8 Å². The van der Waals surface area contributed by atoms with Crippen molar-refractivity contribution in [3.05, 3.63) is 96.8 Å². The number of anilines is 1. The molecule has 25 heavy (non-hydrogen) atoms. The van der Waals surface area contributed by atoms with Crippen molar-refractivity contribution >= 4 is 22.7 Å². The lowest BCUT2D eigenvalue weighted by Crippen LogP contribution is -1.92. The van der Waals surface area contributed by atoms with Crippen LogP contribution in [0.3, 0.4) is 0 Å². The van der Waals surface area contributed by atoms with Crippen molar-refractivity contribution in [3.8, 4) is 11.4 Å². The maximum absolute atomic E-state index is 4.66. The summed E-state index contributed by atoms with van der Waals surface area (Å²) in [6.07, 6.45) is 5.85. The largest absolute Gasteiger partial charge is 0.362 e. The van der Waals surface area contributed by atoms with Crippen molar-refractivity contribution in [1.82, 2.24) is 9.97 Å². The van der Waals surface area contributed by atoms with Gasteiger partial charge in [-0.3, -0.25) is 0 Å². The van der Waals surface area contributed by atoms with Crippen LogP contribution >= 0.6 is 0 Å². The van der Waals surface area contributed by atoms with E-state index in [4.69, 9.17) is 0 Å². The van der Waals surface area contributed by atoms with Gasteiger partial charge in [-0.1, -0.05) is 60.7 Å². The van der Waals surface area contributed by atoms with E-state index in [0.717, 1.165) is 33.5 Å². The van der Waals surface area contributed by atoms with Crippen LogP contribution in [0.4, 0.5) is 5.69 Å². The minimum atomic E-state index is 0.731. The number of nitrogens with zero attached hydrogens (tertiary/aromatic N) is 2. The van der Waals surface area contributed by atoms with Gasteiger partial charge >= 0.3 is 0 Å². The minimum absolute atomic E-state index is 0.731. The molecule has 1 aromatic heterocycles. The molecule has 0 spiro atoms. The molecule has 0 saturated heterocycles. The molecule has 4 rings (SSSR count). The standard InChI is InChI=1S/C22H17N3/c1-2-7-17(8-3-1)13-14-23-20-11-6-10-18(15-20)22-24-16-19-9-4-5-12-21(19)25-22/h1-16,23H. The van der Waals surface area contributed by atoms with E-state index in [2.05, 4.69) is 33.5 Å². The van der Waals surface area contributed by atoms with E-state index in [1.165, 1.54) is 0 Å². The molecule has 1 N–H and O–H groups in total. The highest BCUT2D eigenvalue weighted by Crippen LogP contribution is 2.21. The van der Waals surface area contributed by atoms with Crippen LogP contribution in [0.15, 0.2) is 91.3 Å². The van der Waals surface area contributed by atoms with Crippen LogP contribution in [0.25, 0.3) is 28.4 Å². The summed E-state index contributed by atoms with van der Waals surface area (Å²) in [5.41, 5.74) is 4.10. The molecule has 0 aliphatic heterocycles. The zero-order chi connectivity index (χ0) is 16.9. The third-order valence-electron chi connectivity index (χ3n) is 3.94. The fourth-order valence-corrected chi connectivity index (χ4v) is 2.66. The highest BCUT2D eigenvalue weighted by atomic mass is 14.9. The van der Waals surface area contributed by atoms with E-state index in [1.807, 2.05) is 79.1 Å². The molecule has 1 heterocycles. The molecule has 0 amide bonds. The highest BCUT2D eigenvalue weighted by molar-refractivity contribution is 5.79. The van der Waals surface area contributed by atoms with Crippen LogP contribution in [-0.4, -0.2) is 9.97 Å². The Kier molecular flexibility index (Phi) is 4.21. The summed E-state index contributed by atoms with van der Waals surface area (Å²) < 4.78 is 0. The van der Waals surface area contributed by atoms with Crippen LogP contribution in [0.5, 0.6) is 0 Å². The summed E-state index contributed by atoms with van der Waals surface area (Å²) in [4.78, 5) is 9.15. The molecule has 3 aromatic carbocycles. The van der Waals surface area contributed by atoms with Crippen molar-refractivity contribution in [2.45, 2.75) is 0 Å². The first-order chi connectivity index (χ1) is 12.4. The average molecular weight is 323 g/mol. The Labute approximate surface area is 146 Å². The van der Waals surface area contributed by atoms with Crippen molar-refractivity contribution < 1.29 is 0 Å². The van der Waals surface area contributed by atoms with Gasteiger partial charge in [0.25, 0.3) is 0 Å². The van der Waals surface area contributed by atoms with E-state index in [0.29, 0.717) is 0 Å². The summed E-state index contributed by atoms with van der Waals surface area (Å²) >= 11 is 0. The molecule has 0 saturated carbocycles. The fraction of sp³-hybridized carbons (Fsp3) is 0. The van der Waals surface area contributed by atoms with Gasteiger partial charge in [0.05, 0.1) is 5.52 Å². The smallest absolute Gasteiger partial charge is 0.159 e. The van der Waals surface area contributed by atoms with E-state index in [-0.39, 0.29) is 0 Å². The normalized spacial score (nSPS) is 11.0. The predicted octanol–water partition coefficient (Wildman–Crippen LogP) is 5.38. The topological polar surface area (TPSA) is 37.8 Å². The van der Waals surface area contributed by atoms with E-state index >= 15 is 0 Å². The van der Waals surface area contributed by atoms with Gasteiger partial charge in [-0.2, -0.15) is 0 Å². The molecule has 0 aliphatic rings. The number of hydrogen-bond donors (Lipinski definition) is 1. The first kappa shape index (κ1) is 15.1. The molecular weight excluding hydrogens is 306 g/mol. The first-order valence-corrected chi connectivity index (χ1v) is 8.19. The van der Waals surface area contributed by atoms with Crippen LogP contribution in [0.1, 0.15) is 5.56 Å². The molecule has 0 fully saturated rings. The summed E-state index contributed by atoms with van der Waals surface area (Å²) in [5.74, 6) is 0.731. The number of aromatic nitrogens is 2. The molecule has 0 radical (unpaired) electrons. The Morgan fingerprint density at radius 1 is 0.800 bits per heavy atom. The van der Waals surface area contributed by atoms with Crippen LogP contribution in [-0.2, 0) is 0 Å². The number of rotatable bonds is 4. The lowest BCUT2D eigenvalue weighted by Gasteiger charge is -2.05. The summed E-state index contributed by atoms with van der Waals surface area (Å²) in [6.45, 7) is 0. The van der Waals surface area contributed by atoms with E-state index in [1.54, 1.807) is 0 Å². The zero-order valence-corrected chi connectivity index (χ0v) is 13.6. The lowest BCUT2D eigenvalue weighted by molar-refractivity contribution is 1.23. The second-order valence-electron chi connectivity index (χ2n) is 5.72. The quantitative estimate of drug-likeness (QED) is 0.548. The Hall–Kier alpha value is -3.46. The van der Waals surface area contributed by atoms with Gasteiger partial charge in [0.1, 0.15) is 0 Å². The Balaban J connectivity index is 1.57. The molecule has 0 aliphatic carbocycles. The molecule has 120 valence electrons. The zero-order valence-electron chi connectivity index (χ0n) is 13.6. The Morgan fingerprint density at radius 2 is 1.64 bits per heavy atom. The van der Waals surface area contributed by atoms with Gasteiger partial charge in [0.2, 0.25) is 0 Å². The predicted molar refractivity (Wildman–Crippen MR) is 104 cm³/mol. The van der Waals surface area contributed by atoms with Gasteiger partial charge in [-0.25, -0.2) is 9.97 Å². The Morgan fingerprint density at radius 3 is 2.56 bits per heavy atom. The van der Waals surface area contributed by atoms with Crippen molar-refractivity contribution in [3.63, 3.8) is 0 Å². The number of hydrogen-bond acceptors (Lipinski definition) is 3. The third-order valence-corrected chi connectivity index (χ3v) is 3.94. The maximum Gasteiger partial charge on any atom is 0.159 e. The summed E-state index contributed by atoms with van der Waals surface area (Å²) in [7, 11) is 0. The van der Waals surface area contributed by atoms with Crippen LogP contribution < -0.4 is 5.32 Å². The average Bonchev–Trinajstić information content (AvgIpc) is 2.69. The molecule has 0 atom stereocenters. The fourth-order valence-electron chi connectivity index (χ4n) is 2.66. The van der Waals surface area contributed by atoms with Crippen molar-refractivity contribution in [1.29, 1.82) is 0 Å². The molecule has 0 unspecified atom stereocenters. The molecule has 3 nitrogen and oxygen atoms in total. The monoisotopic (exact) mass is 323 g/mol. The summed E-state index contributed by atoms with van der Waals surface area (Å²) in [5, 5.41) is 4.35. The molecule has 3 heteroatoms. The molecule has 0 bridgehead atoms. The number of benzene rings is 3. The number of nitrogens with one attached hydrogen (secondary N) is 1. The minimum Gasteiger partial charge on any atom is -0.362 e. The van der Waals surface area contributed by atoms with Gasteiger partial charge in [-0.15, -0.1) is 0 Å². The Bertz CT molecular complexity index is 1020. The lowest BCUT2D eigenvalue weighted by atomic mass is 10.1. The molecule has 4 aromatic rings. The van der Waals surface area contributed by atoms with Gasteiger partial charge < -0.3 is 5.32 Å². The van der Waals surface area contributed by atoms with Crippen LogP contribution in [0, 0.1) is 0 Å². The van der Waals surface area contributed by atoms with Gasteiger partial charge in [0.15, 0.2) is 5.82 Å². The highest BCUT2D eigenvalue weighted by Gasteiger charge is 2.03. The number of para-hydroxylation sites is 1. The van der Waals surface area contributed by atoms with Crippen molar-refractivity contribution in [2.24, 2.45) is 0 Å². The van der Waals surface area contributed by atoms with Crippen LogP contribution in [0.2, 0.25) is 0 Å². The molecular formula is C22H17N3. The number of fused-ring (bicyclic) bond motifs is 1. The van der Waals surface area contributed by atoms with E-state index in [9.17, 15) is 0 Å². The SMILES string of the molecule is C(=Cc1ccccc1)Nc1cccc(-c2ncc3ccccc3n2)c1. The second kappa shape index (κ2) is 6.97. The summed E-state index contributed by atoms with van der Waals surface area (Å²) in [6, 6.07) is 26.3. The van der Waals surface area contributed by atoms with Gasteiger partial charge in [0, 0.05) is 29.0 Å². The maximum atomic E-state index is 4.66. The second-order valence-corrected chi connectivity index (χ2v) is 5.72.